The van der Waals surface area contributed by atoms with E-state index in [0.717, 1.165) is 24.8 Å². The smallest absolute Gasteiger partial charge is 0.120 e. The van der Waals surface area contributed by atoms with Crippen LogP contribution in [0.15, 0.2) is 6.20 Å². The van der Waals surface area contributed by atoms with Gasteiger partial charge in [0.1, 0.15) is 6.29 Å². The Labute approximate surface area is 91.5 Å². The van der Waals surface area contributed by atoms with E-state index in [-0.39, 0.29) is 5.41 Å². The first-order valence-corrected chi connectivity index (χ1v) is 5.42. The van der Waals surface area contributed by atoms with E-state index in [1.807, 2.05) is 11.7 Å². The Morgan fingerprint density at radius 1 is 1.47 bits per heavy atom. The van der Waals surface area contributed by atoms with Crippen LogP contribution in [0.2, 0.25) is 0 Å². The van der Waals surface area contributed by atoms with Crippen LogP contribution in [-0.2, 0) is 23.7 Å². The SMILES string of the molecule is Cn1cc(CCCC=O)c(C(C)(C)C)n1. The first-order chi connectivity index (χ1) is 6.95. The van der Waals surface area contributed by atoms with Crippen molar-refractivity contribution in [2.75, 3.05) is 0 Å². The van der Waals surface area contributed by atoms with Crippen LogP contribution in [0.4, 0.5) is 0 Å². The van der Waals surface area contributed by atoms with E-state index >= 15 is 0 Å². The van der Waals surface area contributed by atoms with Crippen molar-refractivity contribution in [3.8, 4) is 0 Å². The third-order valence-corrected chi connectivity index (χ3v) is 2.38. The molecule has 3 nitrogen and oxygen atoms in total. The monoisotopic (exact) mass is 208 g/mol. The zero-order valence-corrected chi connectivity index (χ0v) is 10.1. The van der Waals surface area contributed by atoms with E-state index in [1.165, 1.54) is 5.56 Å². The molecule has 1 heterocycles. The molecule has 0 unspecified atom stereocenters. The number of unbranched alkanes of at least 4 members (excludes halogenated alkanes) is 1. The lowest BCUT2D eigenvalue weighted by Gasteiger charge is -2.17. The lowest BCUT2D eigenvalue weighted by atomic mass is 9.88. The summed E-state index contributed by atoms with van der Waals surface area (Å²) in [6.07, 6.45) is 5.54. The van der Waals surface area contributed by atoms with Gasteiger partial charge in [0.05, 0.1) is 5.69 Å². The van der Waals surface area contributed by atoms with Gasteiger partial charge in [-0.05, 0) is 18.4 Å². The van der Waals surface area contributed by atoms with Crippen LogP contribution in [0.25, 0.3) is 0 Å². The van der Waals surface area contributed by atoms with Gasteiger partial charge in [0.25, 0.3) is 0 Å². The molecule has 0 fully saturated rings. The number of nitrogens with zero attached hydrogens (tertiary/aromatic N) is 2. The number of rotatable bonds is 4. The predicted octanol–water partition coefficient (Wildman–Crippen LogP) is 2.24. The molecule has 3 heteroatoms. The average molecular weight is 208 g/mol. The van der Waals surface area contributed by atoms with Crippen molar-refractivity contribution in [3.63, 3.8) is 0 Å². The standard InChI is InChI=1S/C12H20N2O/c1-12(2,3)11-10(7-5-6-8-15)9-14(4)13-11/h8-9H,5-7H2,1-4H3. The minimum absolute atomic E-state index is 0.0811. The minimum Gasteiger partial charge on any atom is -0.303 e. The number of aryl methyl sites for hydroxylation is 2. The molecule has 0 radical (unpaired) electrons. The summed E-state index contributed by atoms with van der Waals surface area (Å²) in [5.74, 6) is 0. The van der Waals surface area contributed by atoms with E-state index in [4.69, 9.17) is 0 Å². The molecular formula is C12H20N2O. The van der Waals surface area contributed by atoms with Crippen LogP contribution in [0.5, 0.6) is 0 Å². The molecule has 0 aliphatic carbocycles. The van der Waals surface area contributed by atoms with E-state index in [1.54, 1.807) is 0 Å². The molecule has 0 saturated carbocycles. The lowest BCUT2D eigenvalue weighted by molar-refractivity contribution is -0.107. The summed E-state index contributed by atoms with van der Waals surface area (Å²) in [5.41, 5.74) is 2.50. The number of hydrogen-bond donors (Lipinski definition) is 0. The summed E-state index contributed by atoms with van der Waals surface area (Å²) in [6.45, 7) is 6.50. The highest BCUT2D eigenvalue weighted by Crippen LogP contribution is 2.25. The quantitative estimate of drug-likeness (QED) is 0.562. The number of aldehydes is 1. The third kappa shape index (κ3) is 3.18. The second kappa shape index (κ2) is 4.60. The van der Waals surface area contributed by atoms with E-state index < -0.39 is 0 Å². The van der Waals surface area contributed by atoms with Crippen molar-refractivity contribution in [2.24, 2.45) is 7.05 Å². The average Bonchev–Trinajstić information content (AvgIpc) is 2.47. The Kier molecular flexibility index (Phi) is 3.66. The van der Waals surface area contributed by atoms with Crippen LogP contribution in [0, 0.1) is 0 Å². The van der Waals surface area contributed by atoms with E-state index in [2.05, 4.69) is 32.1 Å². The van der Waals surface area contributed by atoms with Crippen LogP contribution >= 0.6 is 0 Å². The molecule has 0 aliphatic rings. The molecule has 1 rings (SSSR count). The maximum Gasteiger partial charge on any atom is 0.120 e. The molecule has 1 aromatic rings. The fraction of sp³-hybridized carbons (Fsp3) is 0.667. The maximum atomic E-state index is 10.3. The van der Waals surface area contributed by atoms with Crippen LogP contribution in [0.3, 0.4) is 0 Å². The van der Waals surface area contributed by atoms with Gasteiger partial charge in [-0.25, -0.2) is 0 Å². The molecule has 0 amide bonds. The summed E-state index contributed by atoms with van der Waals surface area (Å²) >= 11 is 0. The van der Waals surface area contributed by atoms with Crippen molar-refractivity contribution in [2.45, 2.75) is 45.4 Å². The molecule has 0 aromatic carbocycles. The van der Waals surface area contributed by atoms with Gasteiger partial charge in [0, 0.05) is 25.1 Å². The molecule has 0 atom stereocenters. The van der Waals surface area contributed by atoms with Crippen molar-refractivity contribution in [3.05, 3.63) is 17.5 Å². The predicted molar refractivity (Wildman–Crippen MR) is 60.9 cm³/mol. The zero-order chi connectivity index (χ0) is 11.5. The number of aromatic nitrogens is 2. The highest BCUT2D eigenvalue weighted by molar-refractivity contribution is 5.49. The minimum atomic E-state index is 0.0811. The van der Waals surface area contributed by atoms with Crippen molar-refractivity contribution in [1.82, 2.24) is 9.78 Å². The molecule has 15 heavy (non-hydrogen) atoms. The van der Waals surface area contributed by atoms with Gasteiger partial charge in [0.15, 0.2) is 0 Å². The molecular weight excluding hydrogens is 188 g/mol. The highest BCUT2D eigenvalue weighted by atomic mass is 16.1. The number of hydrogen-bond acceptors (Lipinski definition) is 2. The third-order valence-electron chi connectivity index (χ3n) is 2.38. The lowest BCUT2D eigenvalue weighted by Crippen LogP contribution is -2.14. The fourth-order valence-corrected chi connectivity index (χ4v) is 1.73. The normalized spacial score (nSPS) is 11.7. The van der Waals surface area contributed by atoms with Gasteiger partial charge in [-0.15, -0.1) is 0 Å². The summed E-state index contributed by atoms with van der Waals surface area (Å²) in [7, 11) is 1.94. The van der Waals surface area contributed by atoms with Crippen LogP contribution in [-0.4, -0.2) is 16.1 Å². The van der Waals surface area contributed by atoms with Gasteiger partial charge in [-0.2, -0.15) is 5.10 Å². The van der Waals surface area contributed by atoms with Gasteiger partial charge >= 0.3 is 0 Å². The molecule has 0 bridgehead atoms. The second-order valence-corrected chi connectivity index (χ2v) is 4.99. The van der Waals surface area contributed by atoms with Crippen molar-refractivity contribution < 1.29 is 4.79 Å². The van der Waals surface area contributed by atoms with Gasteiger partial charge in [-0.3, -0.25) is 4.68 Å². The molecule has 0 aliphatic heterocycles. The van der Waals surface area contributed by atoms with Gasteiger partial charge < -0.3 is 4.79 Å². The van der Waals surface area contributed by atoms with Crippen molar-refractivity contribution >= 4 is 6.29 Å². The topological polar surface area (TPSA) is 34.9 Å². The Hall–Kier alpha value is -1.12. The maximum absolute atomic E-state index is 10.3. The summed E-state index contributed by atoms with van der Waals surface area (Å²) in [6, 6.07) is 0. The molecule has 0 saturated heterocycles. The Morgan fingerprint density at radius 2 is 2.13 bits per heavy atom. The largest absolute Gasteiger partial charge is 0.303 e. The fourth-order valence-electron chi connectivity index (χ4n) is 1.73. The summed E-state index contributed by atoms with van der Waals surface area (Å²) in [5, 5.41) is 4.49. The van der Waals surface area contributed by atoms with Gasteiger partial charge in [0.2, 0.25) is 0 Å². The summed E-state index contributed by atoms with van der Waals surface area (Å²) in [4.78, 5) is 10.3. The van der Waals surface area contributed by atoms with Crippen LogP contribution < -0.4 is 0 Å². The van der Waals surface area contributed by atoms with Crippen LogP contribution in [0.1, 0.15) is 44.9 Å². The van der Waals surface area contributed by atoms with Crippen molar-refractivity contribution in [1.29, 1.82) is 0 Å². The molecule has 0 spiro atoms. The number of carbonyl (C=O) groups is 1. The Morgan fingerprint density at radius 3 is 2.67 bits per heavy atom. The Balaban J connectivity index is 2.82. The zero-order valence-electron chi connectivity index (χ0n) is 10.1. The number of carbonyl (C=O) groups excluding carboxylic acids is 1. The molecule has 84 valence electrons. The Bertz CT molecular complexity index is 334. The second-order valence-electron chi connectivity index (χ2n) is 4.99. The summed E-state index contributed by atoms with van der Waals surface area (Å²) < 4.78 is 1.86. The molecule has 0 N–H and O–H groups in total. The van der Waals surface area contributed by atoms with Gasteiger partial charge in [-0.1, -0.05) is 20.8 Å². The van der Waals surface area contributed by atoms with E-state index in [9.17, 15) is 4.79 Å². The first-order valence-electron chi connectivity index (χ1n) is 5.42. The first kappa shape index (κ1) is 12.0. The molecule has 1 aromatic heterocycles. The van der Waals surface area contributed by atoms with E-state index in [0.29, 0.717) is 6.42 Å². The highest BCUT2D eigenvalue weighted by Gasteiger charge is 2.21.